The Kier molecular flexibility index (Phi) is 6.39. The Morgan fingerprint density at radius 3 is 2.86 bits per heavy atom. The van der Waals surface area contributed by atoms with Gasteiger partial charge in [-0.1, -0.05) is 0 Å². The number of rotatable bonds is 5. The van der Waals surface area contributed by atoms with Crippen molar-refractivity contribution in [1.82, 2.24) is 15.2 Å². The first-order valence-electron chi connectivity index (χ1n) is 7.15. The van der Waals surface area contributed by atoms with Crippen molar-refractivity contribution in [2.45, 2.75) is 19.9 Å². The van der Waals surface area contributed by atoms with Crippen LogP contribution in [-0.2, 0) is 13.0 Å². The lowest BCUT2D eigenvalue weighted by Gasteiger charge is -2.21. The molecule has 0 atom stereocenters. The Bertz CT molecular complexity index is 639. The van der Waals surface area contributed by atoms with Gasteiger partial charge in [0, 0.05) is 37.9 Å². The van der Waals surface area contributed by atoms with Crippen LogP contribution in [0, 0.1) is 6.92 Å². The zero-order chi connectivity index (χ0) is 15.9. The number of thiophene rings is 1. The molecular formula is C16H21BrN4S. The lowest BCUT2D eigenvalue weighted by atomic mass is 10.1. The molecule has 0 aliphatic heterocycles. The van der Waals surface area contributed by atoms with Crippen molar-refractivity contribution in [2.24, 2.45) is 4.99 Å². The van der Waals surface area contributed by atoms with Crippen molar-refractivity contribution in [1.29, 1.82) is 0 Å². The Labute approximate surface area is 144 Å². The van der Waals surface area contributed by atoms with Crippen LogP contribution >= 0.6 is 27.3 Å². The number of nitrogens with zero attached hydrogens (tertiary/aromatic N) is 3. The fraction of sp³-hybridized carbons (Fsp3) is 0.375. The molecule has 0 bridgehead atoms. The highest BCUT2D eigenvalue weighted by Gasteiger charge is 2.08. The minimum atomic E-state index is 0.851. The van der Waals surface area contributed by atoms with Gasteiger partial charge in [-0.15, -0.1) is 11.3 Å². The summed E-state index contributed by atoms with van der Waals surface area (Å²) in [6.07, 6.45) is 4.72. The van der Waals surface area contributed by atoms with Crippen LogP contribution in [0.15, 0.2) is 39.4 Å². The molecule has 0 fully saturated rings. The smallest absolute Gasteiger partial charge is 0.193 e. The van der Waals surface area contributed by atoms with Gasteiger partial charge >= 0.3 is 0 Å². The fourth-order valence-corrected chi connectivity index (χ4v) is 3.76. The second-order valence-corrected chi connectivity index (χ2v) is 7.64. The monoisotopic (exact) mass is 380 g/mol. The summed E-state index contributed by atoms with van der Waals surface area (Å²) in [4.78, 5) is 11.9. The average Bonchev–Trinajstić information content (AvgIpc) is 2.90. The van der Waals surface area contributed by atoms with Gasteiger partial charge in [-0.3, -0.25) is 9.98 Å². The molecule has 4 nitrogen and oxygen atoms in total. The summed E-state index contributed by atoms with van der Waals surface area (Å²) < 4.78 is 1.16. The Morgan fingerprint density at radius 2 is 2.23 bits per heavy atom. The van der Waals surface area contributed by atoms with E-state index < -0.39 is 0 Å². The third kappa shape index (κ3) is 4.81. The molecule has 22 heavy (non-hydrogen) atoms. The maximum absolute atomic E-state index is 4.36. The van der Waals surface area contributed by atoms with Crippen LogP contribution in [0.3, 0.4) is 0 Å². The molecule has 2 heterocycles. The van der Waals surface area contributed by atoms with E-state index in [-0.39, 0.29) is 0 Å². The summed E-state index contributed by atoms with van der Waals surface area (Å²) in [5.74, 6) is 0.913. The van der Waals surface area contributed by atoms with Crippen molar-refractivity contribution >= 4 is 33.2 Å². The van der Waals surface area contributed by atoms with E-state index in [4.69, 9.17) is 0 Å². The molecule has 2 rings (SSSR count). The molecule has 0 aliphatic carbocycles. The third-order valence-electron chi connectivity index (χ3n) is 3.41. The van der Waals surface area contributed by atoms with E-state index in [0.717, 1.165) is 29.3 Å². The van der Waals surface area contributed by atoms with Crippen LogP contribution < -0.4 is 5.32 Å². The molecule has 0 saturated heterocycles. The first kappa shape index (κ1) is 17.0. The van der Waals surface area contributed by atoms with Gasteiger partial charge in [0.2, 0.25) is 0 Å². The summed E-state index contributed by atoms with van der Waals surface area (Å²) in [6.45, 7) is 3.80. The SMILES string of the molecule is CN=C(NCCc1ccncc1C)N(C)Cc1ccc(Br)s1. The highest BCUT2D eigenvalue weighted by atomic mass is 79.9. The van der Waals surface area contributed by atoms with Gasteiger partial charge in [0.25, 0.3) is 0 Å². The summed E-state index contributed by atoms with van der Waals surface area (Å²) in [7, 11) is 3.88. The highest BCUT2D eigenvalue weighted by molar-refractivity contribution is 9.11. The second kappa shape index (κ2) is 8.29. The lowest BCUT2D eigenvalue weighted by molar-refractivity contribution is 0.482. The first-order valence-corrected chi connectivity index (χ1v) is 8.76. The predicted molar refractivity (Wildman–Crippen MR) is 97.5 cm³/mol. The Morgan fingerprint density at radius 1 is 1.41 bits per heavy atom. The molecule has 0 aliphatic rings. The second-order valence-electron chi connectivity index (χ2n) is 5.09. The van der Waals surface area contributed by atoms with Gasteiger partial charge in [0.15, 0.2) is 5.96 Å². The predicted octanol–water partition coefficient (Wildman–Crippen LogP) is 3.46. The van der Waals surface area contributed by atoms with Gasteiger partial charge in [0.1, 0.15) is 0 Å². The number of hydrogen-bond acceptors (Lipinski definition) is 3. The largest absolute Gasteiger partial charge is 0.356 e. The van der Waals surface area contributed by atoms with E-state index in [1.807, 2.05) is 19.4 Å². The average molecular weight is 381 g/mol. The Balaban J connectivity index is 1.85. The van der Waals surface area contributed by atoms with Crippen LogP contribution in [-0.4, -0.2) is 36.5 Å². The molecule has 0 spiro atoms. The highest BCUT2D eigenvalue weighted by Crippen LogP contribution is 2.22. The normalized spacial score (nSPS) is 11.5. The molecule has 118 valence electrons. The van der Waals surface area contributed by atoms with Crippen LogP contribution in [0.4, 0.5) is 0 Å². The minimum Gasteiger partial charge on any atom is -0.356 e. The number of halogens is 1. The first-order chi connectivity index (χ1) is 10.6. The van der Waals surface area contributed by atoms with Gasteiger partial charge in [-0.2, -0.15) is 0 Å². The molecule has 0 aromatic carbocycles. The maximum atomic E-state index is 4.36. The van der Waals surface area contributed by atoms with Gasteiger partial charge in [-0.25, -0.2) is 0 Å². The van der Waals surface area contributed by atoms with Gasteiger partial charge < -0.3 is 10.2 Å². The molecular weight excluding hydrogens is 360 g/mol. The molecule has 2 aromatic heterocycles. The molecule has 0 radical (unpaired) electrons. The number of aryl methyl sites for hydroxylation is 1. The maximum Gasteiger partial charge on any atom is 0.193 e. The molecule has 0 unspecified atom stereocenters. The van der Waals surface area contributed by atoms with E-state index in [1.54, 1.807) is 11.3 Å². The van der Waals surface area contributed by atoms with E-state index >= 15 is 0 Å². The Hall–Kier alpha value is -1.40. The number of aliphatic imine (C=N–C) groups is 1. The van der Waals surface area contributed by atoms with Gasteiger partial charge in [0.05, 0.1) is 10.3 Å². The number of hydrogen-bond donors (Lipinski definition) is 1. The minimum absolute atomic E-state index is 0.851. The zero-order valence-corrected chi connectivity index (χ0v) is 15.5. The summed E-state index contributed by atoms with van der Waals surface area (Å²) in [6, 6.07) is 6.29. The van der Waals surface area contributed by atoms with Crippen molar-refractivity contribution in [3.05, 3.63) is 50.4 Å². The van der Waals surface area contributed by atoms with E-state index in [0.29, 0.717) is 0 Å². The van der Waals surface area contributed by atoms with Crippen LogP contribution in [0.5, 0.6) is 0 Å². The van der Waals surface area contributed by atoms with E-state index in [9.17, 15) is 0 Å². The van der Waals surface area contributed by atoms with Gasteiger partial charge in [-0.05, 0) is 58.6 Å². The zero-order valence-electron chi connectivity index (χ0n) is 13.1. The van der Waals surface area contributed by atoms with Crippen molar-refractivity contribution in [3.8, 4) is 0 Å². The number of pyridine rings is 1. The quantitative estimate of drug-likeness (QED) is 0.637. The van der Waals surface area contributed by atoms with Crippen LogP contribution in [0.1, 0.15) is 16.0 Å². The van der Waals surface area contributed by atoms with Crippen molar-refractivity contribution < 1.29 is 0 Å². The molecule has 1 N–H and O–H groups in total. The lowest BCUT2D eigenvalue weighted by Crippen LogP contribution is -2.39. The number of nitrogens with one attached hydrogen (secondary N) is 1. The van der Waals surface area contributed by atoms with Crippen molar-refractivity contribution in [2.75, 3.05) is 20.6 Å². The summed E-state index contributed by atoms with van der Waals surface area (Å²) >= 11 is 5.25. The molecule has 2 aromatic rings. The number of guanidine groups is 1. The summed E-state index contributed by atoms with van der Waals surface area (Å²) in [5, 5.41) is 3.42. The molecule has 6 heteroatoms. The topological polar surface area (TPSA) is 40.5 Å². The summed E-state index contributed by atoms with van der Waals surface area (Å²) in [5.41, 5.74) is 2.55. The molecule has 0 saturated carbocycles. The molecule has 0 amide bonds. The standard InChI is InChI=1S/C16H21BrN4S/c1-12-10-19-8-6-13(12)7-9-20-16(18-2)21(3)11-14-4-5-15(17)22-14/h4-6,8,10H,7,9,11H2,1-3H3,(H,18,20). The number of aromatic nitrogens is 1. The van der Waals surface area contributed by atoms with Crippen LogP contribution in [0.25, 0.3) is 0 Å². The third-order valence-corrected chi connectivity index (χ3v) is 5.02. The van der Waals surface area contributed by atoms with Crippen LogP contribution in [0.2, 0.25) is 0 Å². The van der Waals surface area contributed by atoms with E-state index in [2.05, 4.69) is 68.3 Å². The van der Waals surface area contributed by atoms with E-state index in [1.165, 1.54) is 16.0 Å². The van der Waals surface area contributed by atoms with Crippen molar-refractivity contribution in [3.63, 3.8) is 0 Å². The fourth-order valence-electron chi connectivity index (χ4n) is 2.22.